The molecule has 0 aliphatic carbocycles. The molecule has 0 atom stereocenters. The van der Waals surface area contributed by atoms with Crippen molar-refractivity contribution in [1.29, 1.82) is 0 Å². The number of rotatable bonds is 11. The molecule has 33 heavy (non-hydrogen) atoms. The summed E-state index contributed by atoms with van der Waals surface area (Å²) in [6.07, 6.45) is 0. The summed E-state index contributed by atoms with van der Waals surface area (Å²) < 4.78 is 43.0. The third-order valence-corrected chi connectivity index (χ3v) is 7.73. The molecule has 0 bridgehead atoms. The van der Waals surface area contributed by atoms with Crippen LogP contribution in [0.5, 0.6) is 11.5 Å². The molecule has 0 spiro atoms. The lowest BCUT2D eigenvalue weighted by atomic mass is 10.1. The van der Waals surface area contributed by atoms with Crippen molar-refractivity contribution in [1.82, 2.24) is 14.5 Å². The largest absolute Gasteiger partial charge is 0.493 e. The highest BCUT2D eigenvalue weighted by atomic mass is 32.2. The van der Waals surface area contributed by atoms with E-state index in [2.05, 4.69) is 10.2 Å². The van der Waals surface area contributed by atoms with Crippen LogP contribution in [0.2, 0.25) is 0 Å². The van der Waals surface area contributed by atoms with Gasteiger partial charge in [0.1, 0.15) is 0 Å². The minimum atomic E-state index is -3.61. The molecule has 176 valence electrons. The van der Waals surface area contributed by atoms with Crippen molar-refractivity contribution in [3.63, 3.8) is 0 Å². The van der Waals surface area contributed by atoms with E-state index in [1.165, 1.54) is 30.7 Å². The summed E-state index contributed by atoms with van der Waals surface area (Å²) in [5.41, 5.74) is 0.947. The van der Waals surface area contributed by atoms with Crippen molar-refractivity contribution in [2.24, 2.45) is 0 Å². The maximum Gasteiger partial charge on any atom is 0.277 e. The molecule has 0 unspecified atom stereocenters. The Labute approximate surface area is 197 Å². The van der Waals surface area contributed by atoms with Gasteiger partial charge in [0, 0.05) is 24.2 Å². The van der Waals surface area contributed by atoms with Gasteiger partial charge in [-0.15, -0.1) is 10.2 Å². The maximum absolute atomic E-state index is 12.8. The van der Waals surface area contributed by atoms with E-state index >= 15 is 0 Å². The van der Waals surface area contributed by atoms with Crippen molar-refractivity contribution in [2.45, 2.75) is 24.0 Å². The lowest BCUT2D eigenvalue weighted by molar-refractivity contribution is 0.102. The Morgan fingerprint density at radius 1 is 1.03 bits per heavy atom. The first-order chi connectivity index (χ1) is 15.8. The number of ketones is 1. The summed E-state index contributed by atoms with van der Waals surface area (Å²) in [6.45, 7) is 4.32. The second kappa shape index (κ2) is 10.8. The minimum absolute atomic E-state index is 0.0769. The molecule has 0 radical (unpaired) electrons. The quantitative estimate of drug-likeness (QED) is 0.292. The number of nitrogens with zero attached hydrogens (tertiary/aromatic N) is 3. The van der Waals surface area contributed by atoms with E-state index < -0.39 is 10.0 Å². The minimum Gasteiger partial charge on any atom is -0.493 e. The summed E-state index contributed by atoms with van der Waals surface area (Å²) in [7, 11) is -0.585. The SMILES string of the molecule is CCN(CC)S(=O)(=O)c1cccc(-c2nnc(SCC(=O)c3ccc(OC)c(OC)c3)o2)c1. The van der Waals surface area contributed by atoms with Gasteiger partial charge in [0.2, 0.25) is 15.9 Å². The highest BCUT2D eigenvalue weighted by molar-refractivity contribution is 7.99. The molecule has 0 aliphatic rings. The monoisotopic (exact) mass is 491 g/mol. The molecule has 0 N–H and O–H groups in total. The first-order valence-corrected chi connectivity index (χ1v) is 12.6. The van der Waals surface area contributed by atoms with E-state index in [0.717, 1.165) is 11.8 Å². The van der Waals surface area contributed by atoms with E-state index in [1.807, 2.05) is 0 Å². The average molecular weight is 492 g/mol. The predicted octanol–water partition coefficient (Wildman–Crippen LogP) is 3.76. The zero-order chi connectivity index (χ0) is 24.0. The average Bonchev–Trinajstić information content (AvgIpc) is 3.32. The topological polar surface area (TPSA) is 112 Å². The molecule has 3 rings (SSSR count). The first kappa shape index (κ1) is 24.7. The highest BCUT2D eigenvalue weighted by Crippen LogP contribution is 2.29. The smallest absolute Gasteiger partial charge is 0.277 e. The van der Waals surface area contributed by atoms with Crippen LogP contribution >= 0.6 is 11.8 Å². The first-order valence-electron chi connectivity index (χ1n) is 10.2. The summed E-state index contributed by atoms with van der Waals surface area (Å²) in [6, 6.07) is 11.3. The Balaban J connectivity index is 1.73. The van der Waals surface area contributed by atoms with E-state index in [-0.39, 0.29) is 27.5 Å². The molecule has 3 aromatic rings. The predicted molar refractivity (Wildman–Crippen MR) is 124 cm³/mol. The van der Waals surface area contributed by atoms with Gasteiger partial charge >= 0.3 is 0 Å². The molecule has 1 heterocycles. The Hall–Kier alpha value is -2.89. The van der Waals surface area contributed by atoms with Crippen LogP contribution in [0.15, 0.2) is 57.0 Å². The Bertz CT molecular complexity index is 1220. The number of sulfonamides is 1. The molecule has 9 nitrogen and oxygen atoms in total. The number of hydrogen-bond donors (Lipinski definition) is 0. The molecular formula is C22H25N3O6S2. The van der Waals surface area contributed by atoms with Crippen molar-refractivity contribution < 1.29 is 27.1 Å². The number of carbonyl (C=O) groups is 1. The van der Waals surface area contributed by atoms with Crippen LogP contribution in [0.4, 0.5) is 0 Å². The van der Waals surface area contributed by atoms with Crippen LogP contribution in [0.1, 0.15) is 24.2 Å². The molecule has 0 amide bonds. The van der Waals surface area contributed by atoms with Crippen LogP contribution in [0, 0.1) is 0 Å². The normalized spacial score (nSPS) is 11.5. The maximum atomic E-state index is 12.8. The highest BCUT2D eigenvalue weighted by Gasteiger charge is 2.23. The molecule has 0 saturated heterocycles. The Morgan fingerprint density at radius 3 is 2.42 bits per heavy atom. The molecular weight excluding hydrogens is 466 g/mol. The van der Waals surface area contributed by atoms with Crippen molar-refractivity contribution in [3.8, 4) is 23.0 Å². The van der Waals surface area contributed by atoms with Gasteiger partial charge in [0.05, 0.1) is 24.9 Å². The van der Waals surface area contributed by atoms with Gasteiger partial charge in [-0.3, -0.25) is 4.79 Å². The number of benzene rings is 2. The number of ether oxygens (including phenoxy) is 2. The van der Waals surface area contributed by atoms with Gasteiger partial charge in [-0.25, -0.2) is 8.42 Å². The van der Waals surface area contributed by atoms with E-state index in [1.54, 1.807) is 44.2 Å². The fourth-order valence-electron chi connectivity index (χ4n) is 3.11. The van der Waals surface area contributed by atoms with Crippen molar-refractivity contribution in [2.75, 3.05) is 33.1 Å². The molecule has 0 aliphatic heterocycles. The van der Waals surface area contributed by atoms with E-state index in [0.29, 0.717) is 35.7 Å². The third-order valence-electron chi connectivity index (χ3n) is 4.86. The molecule has 0 saturated carbocycles. The number of hydrogen-bond acceptors (Lipinski definition) is 9. The van der Waals surface area contributed by atoms with Gasteiger partial charge in [-0.1, -0.05) is 31.7 Å². The number of Topliss-reactive ketones (excluding diaryl/α,β-unsaturated/α-hetero) is 1. The van der Waals surface area contributed by atoms with Gasteiger partial charge in [0.15, 0.2) is 17.3 Å². The van der Waals surface area contributed by atoms with Crippen LogP contribution < -0.4 is 9.47 Å². The van der Waals surface area contributed by atoms with E-state index in [4.69, 9.17) is 13.9 Å². The molecule has 1 aromatic heterocycles. The summed E-state index contributed by atoms with van der Waals surface area (Å²) in [4.78, 5) is 12.7. The Kier molecular flexibility index (Phi) is 8.11. The van der Waals surface area contributed by atoms with E-state index in [9.17, 15) is 13.2 Å². The zero-order valence-corrected chi connectivity index (χ0v) is 20.4. The van der Waals surface area contributed by atoms with Gasteiger partial charge in [-0.05, 0) is 36.4 Å². The zero-order valence-electron chi connectivity index (χ0n) is 18.8. The van der Waals surface area contributed by atoms with Crippen molar-refractivity contribution in [3.05, 3.63) is 48.0 Å². The van der Waals surface area contributed by atoms with Crippen LogP contribution in [-0.2, 0) is 10.0 Å². The number of methoxy groups -OCH3 is 2. The van der Waals surface area contributed by atoms with Gasteiger partial charge < -0.3 is 13.9 Å². The molecule has 0 fully saturated rings. The number of aromatic nitrogens is 2. The fourth-order valence-corrected chi connectivity index (χ4v) is 5.27. The lowest BCUT2D eigenvalue weighted by Crippen LogP contribution is -2.30. The second-order valence-electron chi connectivity index (χ2n) is 6.77. The third kappa shape index (κ3) is 5.55. The van der Waals surface area contributed by atoms with Crippen molar-refractivity contribution >= 4 is 27.6 Å². The van der Waals surface area contributed by atoms with Crippen LogP contribution in [0.3, 0.4) is 0 Å². The molecule has 2 aromatic carbocycles. The fraction of sp³-hybridized carbons (Fsp3) is 0.318. The second-order valence-corrected chi connectivity index (χ2v) is 9.64. The summed E-state index contributed by atoms with van der Waals surface area (Å²) >= 11 is 1.10. The summed E-state index contributed by atoms with van der Waals surface area (Å²) in [5, 5.41) is 8.17. The standard InChI is InChI=1S/C22H25N3O6S2/c1-5-25(6-2)33(27,28)17-9-7-8-16(12-17)21-23-24-22(31-21)32-14-18(26)15-10-11-19(29-3)20(13-15)30-4/h7-13H,5-6,14H2,1-4H3. The van der Waals surface area contributed by atoms with Crippen LogP contribution in [-0.4, -0.2) is 61.8 Å². The van der Waals surface area contributed by atoms with Crippen LogP contribution in [0.25, 0.3) is 11.5 Å². The van der Waals surface area contributed by atoms with Gasteiger partial charge in [0.25, 0.3) is 5.22 Å². The van der Waals surface area contributed by atoms with Gasteiger partial charge in [-0.2, -0.15) is 4.31 Å². The molecule has 11 heteroatoms. The Morgan fingerprint density at radius 2 is 1.76 bits per heavy atom. The lowest BCUT2D eigenvalue weighted by Gasteiger charge is -2.18. The summed E-state index contributed by atoms with van der Waals surface area (Å²) in [5.74, 6) is 1.11. The number of carbonyl (C=O) groups excluding carboxylic acids is 1. The number of thioether (sulfide) groups is 1.